The molecular weight excluding hydrogens is 240 g/mol. The highest BCUT2D eigenvalue weighted by atomic mass is 16.4. The van der Waals surface area contributed by atoms with Gasteiger partial charge in [-0.1, -0.05) is 6.07 Å². The van der Waals surface area contributed by atoms with E-state index >= 15 is 0 Å². The van der Waals surface area contributed by atoms with Gasteiger partial charge in [0.05, 0.1) is 16.8 Å². The summed E-state index contributed by atoms with van der Waals surface area (Å²) in [6, 6.07) is 4.37. The van der Waals surface area contributed by atoms with E-state index in [1.165, 1.54) is 18.2 Å². The molecule has 1 aromatic rings. The van der Waals surface area contributed by atoms with Crippen LogP contribution in [-0.4, -0.2) is 40.7 Å². The van der Waals surface area contributed by atoms with Gasteiger partial charge in [0.2, 0.25) is 6.41 Å². The molecule has 0 bridgehead atoms. The van der Waals surface area contributed by atoms with Crippen molar-refractivity contribution in [2.45, 2.75) is 0 Å². The van der Waals surface area contributed by atoms with E-state index < -0.39 is 24.3 Å². The normalized spacial score (nSPS) is 13.4. The number of carboxylic acid groups (broad SMARTS) is 1. The number of anilines is 1. The Hall–Kier alpha value is -2.70. The molecule has 7 nitrogen and oxygen atoms in total. The van der Waals surface area contributed by atoms with Crippen LogP contribution in [0.15, 0.2) is 18.2 Å². The number of amides is 3. The molecule has 3 amide bonds. The van der Waals surface area contributed by atoms with Crippen LogP contribution in [0.4, 0.5) is 5.69 Å². The molecule has 1 aliphatic rings. The molecule has 0 aromatic heterocycles. The second-order valence-electron chi connectivity index (χ2n) is 3.58. The Kier molecular flexibility index (Phi) is 2.80. The highest BCUT2D eigenvalue weighted by Gasteiger charge is 2.38. The summed E-state index contributed by atoms with van der Waals surface area (Å²) in [7, 11) is 0. The quantitative estimate of drug-likeness (QED) is 0.573. The minimum Gasteiger partial charge on any atom is -0.480 e. The molecule has 0 saturated heterocycles. The van der Waals surface area contributed by atoms with Crippen LogP contribution >= 0.6 is 0 Å². The number of carbonyl (C=O) groups is 4. The molecule has 0 radical (unpaired) electrons. The highest BCUT2D eigenvalue weighted by molar-refractivity contribution is 6.24. The van der Waals surface area contributed by atoms with Gasteiger partial charge in [-0.25, -0.2) is 0 Å². The zero-order valence-corrected chi connectivity index (χ0v) is 9.04. The lowest BCUT2D eigenvalue weighted by molar-refractivity contribution is -0.137. The lowest BCUT2D eigenvalue weighted by atomic mass is 10.1. The van der Waals surface area contributed by atoms with E-state index in [-0.39, 0.29) is 16.8 Å². The predicted molar refractivity (Wildman–Crippen MR) is 59.1 cm³/mol. The van der Waals surface area contributed by atoms with Crippen molar-refractivity contribution in [1.82, 2.24) is 4.90 Å². The summed E-state index contributed by atoms with van der Waals surface area (Å²) in [6.07, 6.45) is 0.382. The van der Waals surface area contributed by atoms with E-state index in [1.54, 1.807) is 0 Å². The molecule has 0 saturated carbocycles. The van der Waals surface area contributed by atoms with Crippen LogP contribution in [0, 0.1) is 0 Å². The summed E-state index contributed by atoms with van der Waals surface area (Å²) < 4.78 is 0. The summed E-state index contributed by atoms with van der Waals surface area (Å²) in [5.41, 5.74) is 0.303. The number of imide groups is 1. The first-order valence-electron chi connectivity index (χ1n) is 4.97. The van der Waals surface area contributed by atoms with E-state index in [0.29, 0.717) is 11.3 Å². The molecule has 92 valence electrons. The molecule has 1 heterocycles. The molecule has 2 N–H and O–H groups in total. The van der Waals surface area contributed by atoms with Gasteiger partial charge in [-0.3, -0.25) is 24.1 Å². The summed E-state index contributed by atoms with van der Waals surface area (Å²) >= 11 is 0. The van der Waals surface area contributed by atoms with Crippen LogP contribution < -0.4 is 5.32 Å². The molecule has 1 aliphatic heterocycles. The van der Waals surface area contributed by atoms with Gasteiger partial charge >= 0.3 is 5.97 Å². The summed E-state index contributed by atoms with van der Waals surface area (Å²) in [6.45, 7) is -0.702. The minimum absolute atomic E-state index is 0.0239. The van der Waals surface area contributed by atoms with E-state index in [0.717, 1.165) is 0 Å². The summed E-state index contributed by atoms with van der Waals surface area (Å²) in [4.78, 5) is 45.4. The Labute approximate surface area is 101 Å². The number of aliphatic carboxylic acids is 1. The number of fused-ring (bicyclic) bond motifs is 1. The smallest absolute Gasteiger partial charge is 0.323 e. The van der Waals surface area contributed by atoms with Crippen LogP contribution in [0.2, 0.25) is 0 Å². The van der Waals surface area contributed by atoms with Crippen molar-refractivity contribution in [1.29, 1.82) is 0 Å². The predicted octanol–water partition coefficient (Wildman–Crippen LogP) is -0.0645. The molecule has 0 atom stereocenters. The molecule has 0 unspecified atom stereocenters. The molecule has 18 heavy (non-hydrogen) atoms. The zero-order valence-electron chi connectivity index (χ0n) is 9.04. The van der Waals surface area contributed by atoms with E-state index in [1.807, 2.05) is 0 Å². The van der Waals surface area contributed by atoms with Gasteiger partial charge in [0.1, 0.15) is 6.54 Å². The second-order valence-corrected chi connectivity index (χ2v) is 3.58. The number of rotatable bonds is 4. The van der Waals surface area contributed by atoms with Crippen LogP contribution in [-0.2, 0) is 9.59 Å². The van der Waals surface area contributed by atoms with E-state index in [4.69, 9.17) is 5.11 Å². The SMILES string of the molecule is O=CNc1cccc2c1C(=O)N(CC(=O)O)C2=O. The number of carboxylic acids is 1. The first-order chi connectivity index (χ1) is 8.56. The second kappa shape index (κ2) is 4.28. The molecule has 0 aliphatic carbocycles. The molecule has 0 fully saturated rings. The van der Waals surface area contributed by atoms with Crippen LogP contribution in [0.1, 0.15) is 20.7 Å². The first-order valence-corrected chi connectivity index (χ1v) is 4.97. The van der Waals surface area contributed by atoms with Gasteiger partial charge in [0.15, 0.2) is 0 Å². The largest absolute Gasteiger partial charge is 0.480 e. The third-order valence-electron chi connectivity index (χ3n) is 2.51. The van der Waals surface area contributed by atoms with Crippen LogP contribution in [0.3, 0.4) is 0 Å². The van der Waals surface area contributed by atoms with Crippen molar-refractivity contribution in [2.75, 3.05) is 11.9 Å². The fraction of sp³-hybridized carbons (Fsp3) is 0.0909. The Bertz CT molecular complexity index is 567. The van der Waals surface area contributed by atoms with Crippen molar-refractivity contribution in [2.24, 2.45) is 0 Å². The third kappa shape index (κ3) is 1.71. The maximum Gasteiger partial charge on any atom is 0.323 e. The average Bonchev–Trinajstić information content (AvgIpc) is 2.56. The fourth-order valence-corrected chi connectivity index (χ4v) is 1.80. The number of hydrogen-bond acceptors (Lipinski definition) is 4. The fourth-order valence-electron chi connectivity index (χ4n) is 1.80. The van der Waals surface area contributed by atoms with Crippen molar-refractivity contribution < 1.29 is 24.3 Å². The van der Waals surface area contributed by atoms with Gasteiger partial charge < -0.3 is 10.4 Å². The Morgan fingerprint density at radius 3 is 2.67 bits per heavy atom. The molecule has 2 rings (SSSR count). The lowest BCUT2D eigenvalue weighted by Gasteiger charge is -2.09. The zero-order chi connectivity index (χ0) is 13.3. The number of carbonyl (C=O) groups excluding carboxylic acids is 3. The van der Waals surface area contributed by atoms with Gasteiger partial charge in [-0.15, -0.1) is 0 Å². The van der Waals surface area contributed by atoms with Gasteiger partial charge in [0, 0.05) is 0 Å². The third-order valence-corrected chi connectivity index (χ3v) is 2.51. The van der Waals surface area contributed by atoms with Gasteiger partial charge in [-0.2, -0.15) is 0 Å². The summed E-state index contributed by atoms with van der Waals surface area (Å²) in [5.74, 6) is -2.68. The first kappa shape index (κ1) is 11.8. The van der Waals surface area contributed by atoms with Crippen molar-refractivity contribution in [3.05, 3.63) is 29.3 Å². The number of benzene rings is 1. The van der Waals surface area contributed by atoms with E-state index in [2.05, 4.69) is 5.32 Å². The number of hydrogen-bond donors (Lipinski definition) is 2. The number of nitrogens with zero attached hydrogens (tertiary/aromatic N) is 1. The summed E-state index contributed by atoms with van der Waals surface area (Å²) in [5, 5.41) is 10.9. The molecule has 1 aromatic carbocycles. The molecule has 7 heteroatoms. The topological polar surface area (TPSA) is 104 Å². The Morgan fingerprint density at radius 1 is 1.33 bits per heavy atom. The maximum absolute atomic E-state index is 11.9. The van der Waals surface area contributed by atoms with Gasteiger partial charge in [-0.05, 0) is 12.1 Å². The van der Waals surface area contributed by atoms with Crippen molar-refractivity contribution in [3.63, 3.8) is 0 Å². The van der Waals surface area contributed by atoms with Crippen LogP contribution in [0.25, 0.3) is 0 Å². The number of nitrogens with one attached hydrogen (secondary N) is 1. The standard InChI is InChI=1S/C11H8N2O5/c14-5-12-7-3-1-2-6-9(7)11(18)13(10(6)17)4-8(15)16/h1-3,5H,4H2,(H,12,14)(H,15,16). The van der Waals surface area contributed by atoms with Crippen molar-refractivity contribution in [3.8, 4) is 0 Å². The highest BCUT2D eigenvalue weighted by Crippen LogP contribution is 2.28. The molecule has 0 spiro atoms. The van der Waals surface area contributed by atoms with E-state index in [9.17, 15) is 19.2 Å². The Balaban J connectivity index is 2.48. The van der Waals surface area contributed by atoms with Crippen LogP contribution in [0.5, 0.6) is 0 Å². The maximum atomic E-state index is 11.9. The average molecular weight is 248 g/mol. The van der Waals surface area contributed by atoms with Gasteiger partial charge in [0.25, 0.3) is 11.8 Å². The lowest BCUT2D eigenvalue weighted by Crippen LogP contribution is -2.34. The minimum atomic E-state index is -1.28. The van der Waals surface area contributed by atoms with Crippen molar-refractivity contribution >= 4 is 29.9 Å². The molecular formula is C11H8N2O5. The Morgan fingerprint density at radius 2 is 2.06 bits per heavy atom. The monoisotopic (exact) mass is 248 g/mol.